The zero-order chi connectivity index (χ0) is 12.6. The van der Waals surface area contributed by atoms with Crippen LogP contribution in [0.15, 0.2) is 12.1 Å². The smallest absolute Gasteiger partial charge is 0.326 e. The summed E-state index contributed by atoms with van der Waals surface area (Å²) in [6, 6.07) is 2.46. The fraction of sp³-hybridized carbons (Fsp3) is 0.273. The monoisotopic (exact) mass is 236 g/mol. The van der Waals surface area contributed by atoms with Gasteiger partial charge in [-0.15, -0.1) is 0 Å². The minimum atomic E-state index is -0.791. The van der Waals surface area contributed by atoms with Crippen molar-refractivity contribution in [1.82, 2.24) is 0 Å². The molecule has 0 atom stereocenters. The van der Waals surface area contributed by atoms with Crippen molar-refractivity contribution < 1.29 is 19.1 Å². The summed E-state index contributed by atoms with van der Waals surface area (Å²) >= 11 is 0. The number of nitrogens with two attached hydrogens (primary N) is 1. The topological polar surface area (TPSA) is 81.9 Å². The lowest BCUT2D eigenvalue weighted by molar-refractivity contribution is -0.116. The largest absolute Gasteiger partial charge is 0.493 e. The lowest BCUT2D eigenvalue weighted by Gasteiger charge is -2.14. The number of imide groups is 1. The molecule has 0 saturated carbocycles. The Morgan fingerprint density at radius 3 is 2.41 bits per heavy atom. The Labute approximate surface area is 97.9 Å². The Bertz CT molecular complexity index is 498. The fourth-order valence-electron chi connectivity index (χ4n) is 1.88. The Hall–Kier alpha value is -2.24. The molecule has 1 heterocycles. The molecule has 0 bridgehead atoms. The van der Waals surface area contributed by atoms with Gasteiger partial charge in [0.15, 0.2) is 11.5 Å². The number of methoxy groups -OCH3 is 2. The average Bonchev–Trinajstić information content (AvgIpc) is 2.61. The molecule has 0 aromatic heterocycles. The standard InChI is InChI=1S/C11H12N2O4/c1-16-8-3-6-4-10(14)13(11(12)15)7(6)5-9(8)17-2/h3,5H,4H2,1-2H3,(H2,12,15). The number of carbonyl (C=O) groups excluding carboxylic acids is 2. The second kappa shape index (κ2) is 3.97. The number of rotatable bonds is 2. The quantitative estimate of drug-likeness (QED) is 0.818. The Kier molecular flexibility index (Phi) is 2.63. The van der Waals surface area contributed by atoms with E-state index in [0.717, 1.165) is 4.90 Å². The van der Waals surface area contributed by atoms with E-state index in [1.165, 1.54) is 14.2 Å². The first-order valence-corrected chi connectivity index (χ1v) is 4.95. The predicted molar refractivity (Wildman–Crippen MR) is 60.3 cm³/mol. The fourth-order valence-corrected chi connectivity index (χ4v) is 1.88. The molecule has 0 unspecified atom stereocenters. The molecule has 1 aliphatic rings. The molecule has 2 N–H and O–H groups in total. The molecular weight excluding hydrogens is 224 g/mol. The van der Waals surface area contributed by atoms with Crippen LogP contribution in [0.1, 0.15) is 5.56 Å². The summed E-state index contributed by atoms with van der Waals surface area (Å²) in [5.74, 6) is 0.625. The van der Waals surface area contributed by atoms with Crippen molar-refractivity contribution in [1.29, 1.82) is 0 Å². The molecule has 2 rings (SSSR count). The van der Waals surface area contributed by atoms with E-state index in [4.69, 9.17) is 15.2 Å². The van der Waals surface area contributed by atoms with Crippen molar-refractivity contribution in [3.8, 4) is 11.5 Å². The van der Waals surface area contributed by atoms with Gasteiger partial charge in [-0.05, 0) is 11.6 Å². The third-order valence-electron chi connectivity index (χ3n) is 2.64. The third-order valence-corrected chi connectivity index (χ3v) is 2.64. The van der Waals surface area contributed by atoms with Gasteiger partial charge >= 0.3 is 6.03 Å². The van der Waals surface area contributed by atoms with Crippen molar-refractivity contribution in [2.45, 2.75) is 6.42 Å². The van der Waals surface area contributed by atoms with Crippen molar-refractivity contribution in [2.75, 3.05) is 19.1 Å². The van der Waals surface area contributed by atoms with Crippen molar-refractivity contribution in [3.05, 3.63) is 17.7 Å². The number of hydrogen-bond donors (Lipinski definition) is 1. The minimum absolute atomic E-state index is 0.138. The zero-order valence-corrected chi connectivity index (χ0v) is 9.52. The highest BCUT2D eigenvalue weighted by Gasteiger charge is 2.32. The van der Waals surface area contributed by atoms with E-state index in [9.17, 15) is 9.59 Å². The molecular formula is C11H12N2O4. The SMILES string of the molecule is COc1cc2c(cc1OC)N(C(N)=O)C(=O)C2. The van der Waals surface area contributed by atoms with Gasteiger partial charge in [0.1, 0.15) is 0 Å². The van der Waals surface area contributed by atoms with Crippen LogP contribution in [0.3, 0.4) is 0 Å². The maximum absolute atomic E-state index is 11.6. The summed E-state index contributed by atoms with van der Waals surface area (Å²) in [5.41, 5.74) is 6.32. The maximum Gasteiger partial charge on any atom is 0.326 e. The van der Waals surface area contributed by atoms with Gasteiger partial charge in [0.2, 0.25) is 5.91 Å². The van der Waals surface area contributed by atoms with Gasteiger partial charge in [0.05, 0.1) is 26.3 Å². The summed E-state index contributed by atoms with van der Waals surface area (Å²) in [6.45, 7) is 0. The minimum Gasteiger partial charge on any atom is -0.493 e. The molecule has 0 aliphatic carbocycles. The van der Waals surface area contributed by atoms with Gasteiger partial charge in [-0.2, -0.15) is 0 Å². The predicted octanol–water partition coefficient (Wildman–Crippen LogP) is 0.672. The van der Waals surface area contributed by atoms with Crippen LogP contribution < -0.4 is 20.1 Å². The molecule has 0 saturated heterocycles. The number of nitrogens with zero attached hydrogens (tertiary/aromatic N) is 1. The van der Waals surface area contributed by atoms with E-state index in [0.29, 0.717) is 22.7 Å². The molecule has 90 valence electrons. The summed E-state index contributed by atoms with van der Waals surface area (Å²) in [4.78, 5) is 23.7. The molecule has 0 radical (unpaired) electrons. The number of anilines is 1. The summed E-state index contributed by atoms with van der Waals surface area (Å²) in [6.07, 6.45) is 0.138. The number of amides is 3. The van der Waals surface area contributed by atoms with Crippen LogP contribution in [0.2, 0.25) is 0 Å². The lowest BCUT2D eigenvalue weighted by Crippen LogP contribution is -2.38. The van der Waals surface area contributed by atoms with Crippen LogP contribution in [0.4, 0.5) is 10.5 Å². The summed E-state index contributed by atoms with van der Waals surface area (Å²) < 4.78 is 10.2. The summed E-state index contributed by atoms with van der Waals surface area (Å²) in [7, 11) is 2.99. The van der Waals surface area contributed by atoms with Crippen molar-refractivity contribution >= 4 is 17.6 Å². The number of hydrogen-bond acceptors (Lipinski definition) is 4. The Balaban J connectivity index is 2.56. The van der Waals surface area contributed by atoms with E-state index < -0.39 is 6.03 Å². The lowest BCUT2D eigenvalue weighted by atomic mass is 10.1. The molecule has 3 amide bonds. The van der Waals surface area contributed by atoms with Crippen LogP contribution in [-0.4, -0.2) is 26.2 Å². The number of ether oxygens (including phenoxy) is 2. The van der Waals surface area contributed by atoms with Crippen LogP contribution in [-0.2, 0) is 11.2 Å². The number of carbonyl (C=O) groups is 2. The zero-order valence-electron chi connectivity index (χ0n) is 9.52. The number of urea groups is 1. The molecule has 17 heavy (non-hydrogen) atoms. The van der Waals surface area contributed by atoms with E-state index in [-0.39, 0.29) is 12.3 Å². The number of primary amides is 1. The van der Waals surface area contributed by atoms with E-state index >= 15 is 0 Å². The van der Waals surface area contributed by atoms with Gasteiger partial charge in [-0.3, -0.25) is 4.79 Å². The number of fused-ring (bicyclic) bond motifs is 1. The second-order valence-electron chi connectivity index (χ2n) is 3.58. The van der Waals surface area contributed by atoms with Gasteiger partial charge < -0.3 is 15.2 Å². The average molecular weight is 236 g/mol. The van der Waals surface area contributed by atoms with Crippen LogP contribution in [0, 0.1) is 0 Å². The van der Waals surface area contributed by atoms with E-state index in [2.05, 4.69) is 0 Å². The number of benzene rings is 1. The molecule has 0 fully saturated rings. The Morgan fingerprint density at radius 2 is 1.88 bits per heavy atom. The van der Waals surface area contributed by atoms with Crippen LogP contribution in [0.5, 0.6) is 11.5 Å². The van der Waals surface area contributed by atoms with Gasteiger partial charge in [0, 0.05) is 6.07 Å². The third kappa shape index (κ3) is 1.67. The molecule has 6 heteroatoms. The maximum atomic E-state index is 11.6. The molecule has 6 nitrogen and oxygen atoms in total. The first kappa shape index (κ1) is 11.3. The highest BCUT2D eigenvalue weighted by Crippen LogP contribution is 2.38. The van der Waals surface area contributed by atoms with E-state index in [1.807, 2.05) is 0 Å². The van der Waals surface area contributed by atoms with Crippen LogP contribution in [0.25, 0.3) is 0 Å². The van der Waals surface area contributed by atoms with Gasteiger partial charge in [-0.1, -0.05) is 0 Å². The molecule has 0 spiro atoms. The van der Waals surface area contributed by atoms with Crippen molar-refractivity contribution in [3.63, 3.8) is 0 Å². The highest BCUT2D eigenvalue weighted by atomic mass is 16.5. The molecule has 1 aliphatic heterocycles. The van der Waals surface area contributed by atoms with Crippen molar-refractivity contribution in [2.24, 2.45) is 5.73 Å². The first-order chi connectivity index (χ1) is 8.08. The van der Waals surface area contributed by atoms with Gasteiger partial charge in [-0.25, -0.2) is 9.69 Å². The molecule has 1 aromatic rings. The normalized spacial score (nSPS) is 13.5. The Morgan fingerprint density at radius 1 is 1.29 bits per heavy atom. The summed E-state index contributed by atoms with van der Waals surface area (Å²) in [5, 5.41) is 0. The van der Waals surface area contributed by atoms with Crippen LogP contribution >= 0.6 is 0 Å². The first-order valence-electron chi connectivity index (χ1n) is 4.95. The van der Waals surface area contributed by atoms with Gasteiger partial charge in [0.25, 0.3) is 0 Å². The molecule has 1 aromatic carbocycles. The second-order valence-corrected chi connectivity index (χ2v) is 3.58. The highest BCUT2D eigenvalue weighted by molar-refractivity contribution is 6.18. The van der Waals surface area contributed by atoms with E-state index in [1.54, 1.807) is 12.1 Å².